The number of carbonyl (C=O) groups excluding carboxylic acids is 2. The molecule has 0 bridgehead atoms. The van der Waals surface area contributed by atoms with Crippen LogP contribution in [0, 0.1) is 6.92 Å². The number of ether oxygens (including phenoxy) is 1. The molecule has 1 fully saturated rings. The molecular formula is C28H35N9O4S. The fourth-order valence-electron chi connectivity index (χ4n) is 4.52. The number of rotatable bonds is 8. The molecule has 3 aromatic heterocycles. The molecule has 13 nitrogen and oxygen atoms in total. The number of hydrogen-bond donors (Lipinski definition) is 4. The molecule has 14 heteroatoms. The van der Waals surface area contributed by atoms with Gasteiger partial charge in [0.05, 0.1) is 19.2 Å². The number of fused-ring (bicyclic) bond motifs is 1. The average molecular weight is 594 g/mol. The number of nitrogens with one attached hydrogen (secondary N) is 3. The van der Waals surface area contributed by atoms with Gasteiger partial charge in [-0.2, -0.15) is 5.10 Å². The van der Waals surface area contributed by atoms with Crippen LogP contribution in [0.2, 0.25) is 0 Å². The van der Waals surface area contributed by atoms with Crippen LogP contribution in [0.1, 0.15) is 26.5 Å². The molecule has 1 aliphatic heterocycles. The average Bonchev–Trinajstić information content (AvgIpc) is 3.57. The summed E-state index contributed by atoms with van der Waals surface area (Å²) in [6, 6.07) is 12.8. The molecule has 4 N–H and O–H groups in total. The maximum absolute atomic E-state index is 12.8. The second-order valence-corrected chi connectivity index (χ2v) is 12.1. The van der Waals surface area contributed by atoms with Crippen LogP contribution in [0.25, 0.3) is 5.52 Å². The van der Waals surface area contributed by atoms with E-state index >= 15 is 0 Å². The zero-order valence-corrected chi connectivity index (χ0v) is 24.8. The van der Waals surface area contributed by atoms with Gasteiger partial charge in [0.2, 0.25) is 11.1 Å². The predicted octanol–water partition coefficient (Wildman–Crippen LogP) is 3.51. The van der Waals surface area contributed by atoms with Gasteiger partial charge in [0.15, 0.2) is 11.6 Å². The number of carbonyl (C=O) groups is 2. The molecule has 0 spiro atoms. The van der Waals surface area contributed by atoms with Crippen molar-refractivity contribution in [3.63, 3.8) is 0 Å². The second-order valence-electron chi connectivity index (χ2n) is 11.1. The molecule has 0 aliphatic carbocycles. The standard InChI is InChI=1S/C28H35N9O4S/c1-18-14-23(33-32-18)30-25-22-6-5-11-37(22)34-26(31-25)42-21-9-7-19(8-10-21)29-24(39)16-35-12-13-36(15-20(35)17-38)27(40)41-28(2,3)4/h5-11,14,20,38H,12-13,15-17H2,1-4H3,(H,29,39)(H2,30,31,32,33,34). The highest BCUT2D eigenvalue weighted by molar-refractivity contribution is 7.99. The summed E-state index contributed by atoms with van der Waals surface area (Å²) >= 11 is 1.40. The van der Waals surface area contributed by atoms with Gasteiger partial charge in [-0.05, 0) is 75.9 Å². The SMILES string of the molecule is Cc1cc(Nc2nc(Sc3ccc(NC(=O)CN4CCN(C(=O)OC(C)(C)C)CC4CO)cc3)nn3cccc23)n[nH]1. The van der Waals surface area contributed by atoms with Crippen molar-refractivity contribution >= 4 is 46.6 Å². The van der Waals surface area contributed by atoms with E-state index in [9.17, 15) is 14.7 Å². The quantitative estimate of drug-likeness (QED) is 0.239. The largest absolute Gasteiger partial charge is 0.444 e. The number of H-pyrrole nitrogens is 1. The van der Waals surface area contributed by atoms with Crippen LogP contribution in [0.3, 0.4) is 0 Å². The number of aliphatic hydroxyl groups is 1. The molecule has 222 valence electrons. The van der Waals surface area contributed by atoms with Crippen molar-refractivity contribution in [3.8, 4) is 0 Å². The molecule has 1 saturated heterocycles. The molecular weight excluding hydrogens is 558 g/mol. The predicted molar refractivity (Wildman–Crippen MR) is 159 cm³/mol. The van der Waals surface area contributed by atoms with Crippen molar-refractivity contribution in [3.05, 3.63) is 54.4 Å². The molecule has 0 radical (unpaired) electrons. The number of piperazine rings is 1. The summed E-state index contributed by atoms with van der Waals surface area (Å²) in [6.07, 6.45) is 1.45. The maximum Gasteiger partial charge on any atom is 0.410 e. The van der Waals surface area contributed by atoms with Crippen molar-refractivity contribution in [2.24, 2.45) is 0 Å². The summed E-state index contributed by atoms with van der Waals surface area (Å²) in [7, 11) is 0. The number of anilines is 3. The van der Waals surface area contributed by atoms with Crippen LogP contribution in [0.15, 0.2) is 58.7 Å². The third-order valence-electron chi connectivity index (χ3n) is 6.48. The van der Waals surface area contributed by atoms with E-state index < -0.39 is 11.7 Å². The molecule has 4 aromatic rings. The number of nitrogens with zero attached hydrogens (tertiary/aromatic N) is 6. The van der Waals surface area contributed by atoms with Crippen molar-refractivity contribution < 1.29 is 19.4 Å². The van der Waals surface area contributed by atoms with Gasteiger partial charge in [-0.25, -0.2) is 14.3 Å². The second kappa shape index (κ2) is 12.4. The van der Waals surface area contributed by atoms with Crippen molar-refractivity contribution in [2.45, 2.75) is 49.4 Å². The van der Waals surface area contributed by atoms with E-state index in [0.717, 1.165) is 16.1 Å². The number of hydrogen-bond acceptors (Lipinski definition) is 10. The molecule has 1 aromatic carbocycles. The summed E-state index contributed by atoms with van der Waals surface area (Å²) in [5.41, 5.74) is 1.82. The summed E-state index contributed by atoms with van der Waals surface area (Å²) < 4.78 is 7.21. The van der Waals surface area contributed by atoms with Crippen molar-refractivity contribution in [1.82, 2.24) is 34.6 Å². The number of benzene rings is 1. The number of amides is 2. The summed E-state index contributed by atoms with van der Waals surface area (Å²) in [5, 5.41) is 28.4. The highest BCUT2D eigenvalue weighted by atomic mass is 32.2. The van der Waals surface area contributed by atoms with Crippen molar-refractivity contribution in [2.75, 3.05) is 43.4 Å². The lowest BCUT2D eigenvalue weighted by molar-refractivity contribution is -0.118. The van der Waals surface area contributed by atoms with E-state index in [2.05, 4.69) is 25.9 Å². The number of aryl methyl sites for hydroxylation is 1. The number of aliphatic hydroxyl groups excluding tert-OH is 1. The highest BCUT2D eigenvalue weighted by Gasteiger charge is 2.32. The smallest absolute Gasteiger partial charge is 0.410 e. The van der Waals surface area contributed by atoms with Gasteiger partial charge >= 0.3 is 6.09 Å². The Balaban J connectivity index is 1.17. The lowest BCUT2D eigenvalue weighted by Gasteiger charge is -2.40. The first kappa shape index (κ1) is 29.4. The van der Waals surface area contributed by atoms with Gasteiger partial charge in [-0.1, -0.05) is 0 Å². The van der Waals surface area contributed by atoms with Crippen LogP contribution < -0.4 is 10.6 Å². The zero-order chi connectivity index (χ0) is 29.9. The highest BCUT2D eigenvalue weighted by Crippen LogP contribution is 2.29. The van der Waals surface area contributed by atoms with Gasteiger partial charge < -0.3 is 25.4 Å². The first-order valence-corrected chi connectivity index (χ1v) is 14.4. The van der Waals surface area contributed by atoms with Gasteiger partial charge in [0, 0.05) is 48.2 Å². The normalized spacial score (nSPS) is 16.0. The third kappa shape index (κ3) is 7.38. The van der Waals surface area contributed by atoms with E-state index in [4.69, 9.17) is 9.72 Å². The molecule has 0 saturated carbocycles. The monoisotopic (exact) mass is 593 g/mol. The molecule has 4 heterocycles. The molecule has 2 amide bonds. The lowest BCUT2D eigenvalue weighted by Crippen LogP contribution is -2.58. The molecule has 1 unspecified atom stereocenters. The Morgan fingerprint density at radius 1 is 1.19 bits per heavy atom. The molecule has 1 atom stereocenters. The van der Waals surface area contributed by atoms with Crippen LogP contribution in [0.4, 0.5) is 22.1 Å². The molecule has 42 heavy (non-hydrogen) atoms. The minimum absolute atomic E-state index is 0.0971. The summed E-state index contributed by atoms with van der Waals surface area (Å²) in [4.78, 5) is 34.3. The first-order chi connectivity index (χ1) is 20.1. The van der Waals surface area contributed by atoms with Crippen molar-refractivity contribution in [1.29, 1.82) is 0 Å². The Labute approximate surface area is 247 Å². The van der Waals surface area contributed by atoms with E-state index in [1.165, 1.54) is 11.8 Å². The summed E-state index contributed by atoms with van der Waals surface area (Å²) in [5.74, 6) is 1.10. The Morgan fingerprint density at radius 3 is 2.67 bits per heavy atom. The topological polar surface area (TPSA) is 153 Å². The van der Waals surface area contributed by atoms with E-state index in [-0.39, 0.29) is 25.1 Å². The van der Waals surface area contributed by atoms with Gasteiger partial charge in [0.25, 0.3) is 0 Å². The van der Waals surface area contributed by atoms with E-state index in [1.54, 1.807) is 9.42 Å². The number of aromatic nitrogens is 5. The van der Waals surface area contributed by atoms with Crippen LogP contribution >= 0.6 is 11.8 Å². The lowest BCUT2D eigenvalue weighted by atomic mass is 10.1. The molecule has 1 aliphatic rings. The van der Waals surface area contributed by atoms with E-state index in [0.29, 0.717) is 42.1 Å². The van der Waals surface area contributed by atoms with Gasteiger partial charge in [-0.15, -0.1) is 5.10 Å². The summed E-state index contributed by atoms with van der Waals surface area (Å²) in [6.45, 7) is 8.46. The minimum Gasteiger partial charge on any atom is -0.444 e. The fourth-order valence-corrected chi connectivity index (χ4v) is 5.26. The van der Waals surface area contributed by atoms with Crippen LogP contribution in [-0.4, -0.2) is 96.1 Å². The Kier molecular flexibility index (Phi) is 8.66. The fraction of sp³-hybridized carbons (Fsp3) is 0.393. The molecule has 5 rings (SSSR count). The Hall–Kier alpha value is -4.14. The Bertz CT molecular complexity index is 1550. The Morgan fingerprint density at radius 2 is 1.98 bits per heavy atom. The van der Waals surface area contributed by atoms with Crippen LogP contribution in [0.5, 0.6) is 0 Å². The third-order valence-corrected chi connectivity index (χ3v) is 7.35. The zero-order valence-electron chi connectivity index (χ0n) is 24.0. The van der Waals surface area contributed by atoms with E-state index in [1.807, 2.05) is 81.3 Å². The first-order valence-electron chi connectivity index (χ1n) is 13.6. The minimum atomic E-state index is -0.597. The maximum atomic E-state index is 12.8. The van der Waals surface area contributed by atoms with Gasteiger partial charge in [-0.3, -0.25) is 14.8 Å². The van der Waals surface area contributed by atoms with Gasteiger partial charge in [0.1, 0.15) is 11.1 Å². The number of aromatic amines is 1. The van der Waals surface area contributed by atoms with Crippen LogP contribution in [-0.2, 0) is 9.53 Å².